The lowest BCUT2D eigenvalue weighted by Crippen LogP contribution is -2.56. The maximum Gasteiger partial charge on any atom is 0.328 e. The molecule has 0 aliphatic heterocycles. The molecule has 0 fully saturated rings. The van der Waals surface area contributed by atoms with Gasteiger partial charge in [-0.1, -0.05) is 13.8 Å². The van der Waals surface area contributed by atoms with Gasteiger partial charge < -0.3 is 31.9 Å². The highest BCUT2D eigenvalue weighted by Gasteiger charge is 2.28. The van der Waals surface area contributed by atoms with Crippen LogP contribution in [0.3, 0.4) is 0 Å². The first-order valence-electron chi connectivity index (χ1n) is 7.07. The summed E-state index contributed by atoms with van der Waals surface area (Å²) in [5.74, 6) is -3.52. The molecule has 0 rings (SSSR count). The van der Waals surface area contributed by atoms with E-state index in [1.807, 2.05) is 0 Å². The van der Waals surface area contributed by atoms with Crippen LogP contribution in [0.1, 0.15) is 20.8 Å². The molecule has 0 bridgehead atoms. The van der Waals surface area contributed by atoms with Crippen molar-refractivity contribution in [1.29, 1.82) is 0 Å². The molecule has 3 amide bonds. The van der Waals surface area contributed by atoms with E-state index in [2.05, 4.69) is 16.0 Å². The molecule has 132 valence electrons. The van der Waals surface area contributed by atoms with Crippen molar-refractivity contribution in [2.75, 3.05) is 13.2 Å². The molecular weight excluding hydrogens is 308 g/mol. The molecule has 0 aliphatic carbocycles. The second-order valence-electron chi connectivity index (χ2n) is 5.31. The summed E-state index contributed by atoms with van der Waals surface area (Å²) in [6.07, 6.45) is 0. The fourth-order valence-corrected chi connectivity index (χ4v) is 1.62. The average molecular weight is 332 g/mol. The molecule has 0 saturated carbocycles. The quantitative estimate of drug-likeness (QED) is 0.264. The van der Waals surface area contributed by atoms with E-state index in [0.29, 0.717) is 0 Å². The summed E-state index contributed by atoms with van der Waals surface area (Å²) in [5, 5.41) is 24.5. The molecule has 0 aromatic carbocycles. The third-order valence-corrected chi connectivity index (χ3v) is 3.00. The molecule has 3 atom stereocenters. The number of aliphatic hydroxyl groups is 1. The summed E-state index contributed by atoms with van der Waals surface area (Å²) < 4.78 is 0. The molecule has 0 aliphatic rings. The highest BCUT2D eigenvalue weighted by Crippen LogP contribution is 2.02. The van der Waals surface area contributed by atoms with Gasteiger partial charge in [0.1, 0.15) is 18.1 Å². The summed E-state index contributed by atoms with van der Waals surface area (Å²) in [4.78, 5) is 46.0. The van der Waals surface area contributed by atoms with Gasteiger partial charge in [0.15, 0.2) is 0 Å². The first-order chi connectivity index (χ1) is 10.6. The van der Waals surface area contributed by atoms with Crippen molar-refractivity contribution >= 4 is 23.7 Å². The van der Waals surface area contributed by atoms with Crippen molar-refractivity contribution in [1.82, 2.24) is 16.0 Å². The van der Waals surface area contributed by atoms with Crippen LogP contribution in [0.4, 0.5) is 0 Å². The monoisotopic (exact) mass is 332 g/mol. The zero-order chi connectivity index (χ0) is 18.2. The number of carboxylic acid groups (broad SMARTS) is 1. The van der Waals surface area contributed by atoms with Crippen molar-refractivity contribution in [2.45, 2.75) is 38.9 Å². The Kier molecular flexibility index (Phi) is 8.81. The van der Waals surface area contributed by atoms with Gasteiger partial charge in [-0.3, -0.25) is 14.4 Å². The molecule has 0 heterocycles. The van der Waals surface area contributed by atoms with E-state index >= 15 is 0 Å². The highest BCUT2D eigenvalue weighted by molar-refractivity contribution is 5.93. The summed E-state index contributed by atoms with van der Waals surface area (Å²) in [6.45, 7) is 3.72. The van der Waals surface area contributed by atoms with Gasteiger partial charge in [-0.2, -0.15) is 0 Å². The summed E-state index contributed by atoms with van der Waals surface area (Å²) in [5.41, 5.74) is 5.18. The Morgan fingerprint density at radius 3 is 1.96 bits per heavy atom. The maximum absolute atomic E-state index is 12.1. The fourth-order valence-electron chi connectivity index (χ4n) is 1.62. The van der Waals surface area contributed by atoms with Crippen LogP contribution < -0.4 is 21.7 Å². The van der Waals surface area contributed by atoms with E-state index in [9.17, 15) is 19.2 Å². The van der Waals surface area contributed by atoms with Crippen molar-refractivity contribution in [3.63, 3.8) is 0 Å². The summed E-state index contributed by atoms with van der Waals surface area (Å²) in [6, 6.07) is -3.39. The van der Waals surface area contributed by atoms with Crippen LogP contribution >= 0.6 is 0 Å². The zero-order valence-corrected chi connectivity index (χ0v) is 13.3. The standard InChI is InChI=1S/C13H24N4O6/c1-6(2)10(17-9(19)4-14)12(21)15-7(3)11(20)16-8(5-18)13(22)23/h6-8,10,18H,4-5,14H2,1-3H3,(H,15,21)(H,16,20)(H,17,19)(H,22,23). The smallest absolute Gasteiger partial charge is 0.328 e. The van der Waals surface area contributed by atoms with Crippen LogP contribution in [-0.2, 0) is 19.2 Å². The highest BCUT2D eigenvalue weighted by atomic mass is 16.4. The Bertz CT molecular complexity index is 454. The minimum Gasteiger partial charge on any atom is -0.480 e. The Balaban J connectivity index is 4.74. The molecule has 23 heavy (non-hydrogen) atoms. The normalized spacial score (nSPS) is 14.5. The lowest BCUT2D eigenvalue weighted by Gasteiger charge is -2.24. The number of rotatable bonds is 9. The SMILES string of the molecule is CC(NC(=O)C(NC(=O)CN)C(C)C)C(=O)NC(CO)C(=O)O. The third kappa shape index (κ3) is 7.06. The zero-order valence-electron chi connectivity index (χ0n) is 13.3. The van der Waals surface area contributed by atoms with Crippen LogP contribution in [0, 0.1) is 5.92 Å². The predicted molar refractivity (Wildman–Crippen MR) is 80.1 cm³/mol. The molecular formula is C13H24N4O6. The van der Waals surface area contributed by atoms with Gasteiger partial charge in [-0.25, -0.2) is 4.79 Å². The van der Waals surface area contributed by atoms with Crippen LogP contribution in [0.25, 0.3) is 0 Å². The molecule has 0 spiro atoms. The van der Waals surface area contributed by atoms with E-state index in [1.165, 1.54) is 6.92 Å². The number of nitrogens with two attached hydrogens (primary N) is 1. The number of carboxylic acids is 1. The first kappa shape index (κ1) is 20.8. The molecule has 0 aromatic rings. The molecule has 3 unspecified atom stereocenters. The number of amides is 3. The second-order valence-corrected chi connectivity index (χ2v) is 5.31. The minimum atomic E-state index is -1.46. The Hall–Kier alpha value is -2.20. The van der Waals surface area contributed by atoms with Gasteiger partial charge in [0, 0.05) is 0 Å². The third-order valence-electron chi connectivity index (χ3n) is 3.00. The molecule has 10 heteroatoms. The van der Waals surface area contributed by atoms with Crippen LogP contribution in [0.15, 0.2) is 0 Å². The van der Waals surface area contributed by atoms with Crippen molar-refractivity contribution in [3.8, 4) is 0 Å². The van der Waals surface area contributed by atoms with E-state index in [4.69, 9.17) is 15.9 Å². The van der Waals surface area contributed by atoms with Crippen molar-refractivity contribution in [2.24, 2.45) is 11.7 Å². The fraction of sp³-hybridized carbons (Fsp3) is 0.692. The van der Waals surface area contributed by atoms with Gasteiger partial charge >= 0.3 is 5.97 Å². The van der Waals surface area contributed by atoms with E-state index in [-0.39, 0.29) is 12.5 Å². The number of carbonyl (C=O) groups excluding carboxylic acids is 3. The molecule has 7 N–H and O–H groups in total. The number of aliphatic hydroxyl groups excluding tert-OH is 1. The Morgan fingerprint density at radius 1 is 1.00 bits per heavy atom. The topological polar surface area (TPSA) is 171 Å². The number of nitrogens with one attached hydrogen (secondary N) is 3. The van der Waals surface area contributed by atoms with Gasteiger partial charge in [-0.05, 0) is 12.8 Å². The first-order valence-corrected chi connectivity index (χ1v) is 7.07. The molecule has 10 nitrogen and oxygen atoms in total. The Labute approximate surface area is 133 Å². The van der Waals surface area contributed by atoms with E-state index in [0.717, 1.165) is 0 Å². The summed E-state index contributed by atoms with van der Waals surface area (Å²) in [7, 11) is 0. The summed E-state index contributed by atoms with van der Waals surface area (Å²) >= 11 is 0. The van der Waals surface area contributed by atoms with Crippen molar-refractivity contribution in [3.05, 3.63) is 0 Å². The largest absolute Gasteiger partial charge is 0.480 e. The number of carbonyl (C=O) groups is 4. The predicted octanol–water partition coefficient (Wildman–Crippen LogP) is -2.85. The lowest BCUT2D eigenvalue weighted by atomic mass is 10.0. The number of aliphatic carboxylic acids is 1. The minimum absolute atomic E-state index is 0.245. The Morgan fingerprint density at radius 2 is 1.57 bits per heavy atom. The molecule has 0 radical (unpaired) electrons. The van der Waals surface area contributed by atoms with Crippen LogP contribution in [0.2, 0.25) is 0 Å². The number of hydrogen-bond donors (Lipinski definition) is 6. The van der Waals surface area contributed by atoms with Gasteiger partial charge in [-0.15, -0.1) is 0 Å². The van der Waals surface area contributed by atoms with Gasteiger partial charge in [0.2, 0.25) is 17.7 Å². The maximum atomic E-state index is 12.1. The van der Waals surface area contributed by atoms with Crippen molar-refractivity contribution < 1.29 is 29.4 Å². The van der Waals surface area contributed by atoms with Crippen LogP contribution in [0.5, 0.6) is 0 Å². The molecule has 0 aromatic heterocycles. The van der Waals surface area contributed by atoms with E-state index in [1.54, 1.807) is 13.8 Å². The van der Waals surface area contributed by atoms with Gasteiger partial charge in [0.05, 0.1) is 13.2 Å². The number of hydrogen-bond acceptors (Lipinski definition) is 6. The van der Waals surface area contributed by atoms with E-state index < -0.39 is 48.4 Å². The average Bonchev–Trinajstić information content (AvgIpc) is 2.48. The molecule has 0 saturated heterocycles. The lowest BCUT2D eigenvalue weighted by molar-refractivity contribution is -0.143. The van der Waals surface area contributed by atoms with Crippen LogP contribution in [-0.4, -0.2) is 65.2 Å². The second kappa shape index (κ2) is 9.74. The van der Waals surface area contributed by atoms with Gasteiger partial charge in [0.25, 0.3) is 0 Å².